The highest BCUT2D eigenvalue weighted by molar-refractivity contribution is 9.11. The van der Waals surface area contributed by atoms with Crippen molar-refractivity contribution in [3.8, 4) is 22.3 Å². The summed E-state index contributed by atoms with van der Waals surface area (Å²) in [6.45, 7) is 0. The number of carbonyl (C=O) groups is 1. The Morgan fingerprint density at radius 1 is 0.370 bits per heavy atom. The molecule has 1 nitrogen and oxygen atoms in total. The molecule has 0 radical (unpaired) electrons. The lowest BCUT2D eigenvalue weighted by Crippen LogP contribution is -2.28. The third-order valence-electron chi connectivity index (χ3n) is 9.50. The molecule has 8 aromatic rings. The number of fused-ring (bicyclic) bond motifs is 3. The van der Waals surface area contributed by atoms with E-state index in [1.54, 1.807) is 0 Å². The van der Waals surface area contributed by atoms with Gasteiger partial charge in [-0.15, -0.1) is 0 Å². The maximum atomic E-state index is 12.0. The molecule has 1 aliphatic carbocycles. The van der Waals surface area contributed by atoms with Gasteiger partial charge in [-0.1, -0.05) is 230 Å². The lowest BCUT2D eigenvalue weighted by molar-refractivity contribution is 0.103. The lowest BCUT2D eigenvalue weighted by atomic mass is 9.68. The zero-order valence-electron chi connectivity index (χ0n) is 29.2. The van der Waals surface area contributed by atoms with Gasteiger partial charge in [0.25, 0.3) is 0 Å². The quantitative estimate of drug-likeness (QED) is 0.157. The minimum atomic E-state index is -0.293. The molecule has 0 saturated heterocycles. The normalized spacial score (nSPS) is 11.8. The number of carbonyl (C=O) groups excluding carboxylic acids is 1. The Hall–Kier alpha value is -5.13. The average Bonchev–Trinajstić information content (AvgIpc) is 3.53. The van der Waals surface area contributed by atoms with Crippen LogP contribution in [0.5, 0.6) is 0 Å². The zero-order chi connectivity index (χ0) is 37.3. The Bertz CT molecular complexity index is 2450. The van der Waals surface area contributed by atoms with Crippen LogP contribution < -0.4 is 0 Å². The van der Waals surface area contributed by atoms with Crippen molar-refractivity contribution in [1.82, 2.24) is 0 Å². The second-order valence-corrected chi connectivity index (χ2v) is 15.5. The molecule has 0 bridgehead atoms. The van der Waals surface area contributed by atoms with E-state index in [0.717, 1.165) is 19.0 Å². The van der Waals surface area contributed by atoms with Crippen LogP contribution >= 0.6 is 47.8 Å². The van der Waals surface area contributed by atoms with Gasteiger partial charge in [-0.3, -0.25) is 4.79 Å². The van der Waals surface area contributed by atoms with Gasteiger partial charge < -0.3 is 0 Å². The molecule has 0 unspecified atom stereocenters. The van der Waals surface area contributed by atoms with E-state index in [0.29, 0.717) is 5.56 Å². The van der Waals surface area contributed by atoms with E-state index in [-0.39, 0.29) is 11.2 Å². The smallest absolute Gasteiger partial charge is 0.193 e. The molecule has 54 heavy (non-hydrogen) atoms. The van der Waals surface area contributed by atoms with Crippen LogP contribution in [0.4, 0.5) is 0 Å². The van der Waals surface area contributed by atoms with Crippen LogP contribution in [0.2, 0.25) is 0 Å². The van der Waals surface area contributed by atoms with Crippen molar-refractivity contribution in [2.24, 2.45) is 0 Å². The van der Waals surface area contributed by atoms with Gasteiger partial charge in [-0.25, -0.2) is 0 Å². The van der Waals surface area contributed by atoms with Crippen molar-refractivity contribution in [2.75, 3.05) is 0 Å². The number of benzene rings is 8. The summed E-state index contributed by atoms with van der Waals surface area (Å²) in [7, 11) is 0. The van der Waals surface area contributed by atoms with Gasteiger partial charge in [0.05, 0.1) is 5.41 Å². The lowest BCUT2D eigenvalue weighted by Gasteiger charge is -2.34. The summed E-state index contributed by atoms with van der Waals surface area (Å²) in [6.07, 6.45) is 0. The average molecular weight is 892 g/mol. The van der Waals surface area contributed by atoms with Gasteiger partial charge in [0.15, 0.2) is 5.78 Å². The first-order chi connectivity index (χ1) is 26.5. The van der Waals surface area contributed by atoms with Gasteiger partial charge in [-0.2, -0.15) is 0 Å². The van der Waals surface area contributed by atoms with Crippen LogP contribution in [0, 0.1) is 0 Å². The number of hydrogen-bond donors (Lipinski definition) is 0. The SMILES string of the molecule is Brc1cccc(C2(c3ccccc3)c3ccccc3-c3ccccc32)c1.Brc1ccccc1-c1ccccc1.O=C(c1ccccc1)c1cccc(Br)c1. The number of rotatable bonds is 5. The molecular formula is C50H35Br3O. The fourth-order valence-corrected chi connectivity index (χ4v) is 8.44. The highest BCUT2D eigenvalue weighted by atomic mass is 79.9. The monoisotopic (exact) mass is 888 g/mol. The van der Waals surface area contributed by atoms with Crippen LogP contribution in [0.15, 0.2) is 226 Å². The summed E-state index contributed by atoms with van der Waals surface area (Å²) in [4.78, 5) is 12.0. The van der Waals surface area contributed by atoms with Crippen LogP contribution in [0.3, 0.4) is 0 Å². The molecule has 1 aliphatic rings. The van der Waals surface area contributed by atoms with Gasteiger partial charge >= 0.3 is 0 Å². The van der Waals surface area contributed by atoms with Crippen LogP contribution in [0.1, 0.15) is 38.2 Å². The molecule has 8 aromatic carbocycles. The van der Waals surface area contributed by atoms with Crippen molar-refractivity contribution in [2.45, 2.75) is 5.41 Å². The predicted molar refractivity (Wildman–Crippen MR) is 235 cm³/mol. The van der Waals surface area contributed by atoms with Crippen molar-refractivity contribution >= 4 is 53.6 Å². The molecule has 0 amide bonds. The molecule has 0 aliphatic heterocycles. The second kappa shape index (κ2) is 17.3. The summed E-state index contributed by atoms with van der Waals surface area (Å²) in [6, 6.07) is 72.5. The van der Waals surface area contributed by atoms with Crippen LogP contribution in [-0.4, -0.2) is 5.78 Å². The molecule has 0 saturated carbocycles. The molecular weight excluding hydrogens is 856 g/mol. The molecule has 0 N–H and O–H groups in total. The molecule has 0 atom stereocenters. The molecule has 4 heteroatoms. The fraction of sp³-hybridized carbons (Fsp3) is 0.0200. The minimum Gasteiger partial charge on any atom is -0.289 e. The summed E-state index contributed by atoms with van der Waals surface area (Å²) >= 11 is 10.6. The highest BCUT2D eigenvalue weighted by Crippen LogP contribution is 2.56. The van der Waals surface area contributed by atoms with E-state index >= 15 is 0 Å². The standard InChI is InChI=1S/C25H17Br.C13H9BrO.C12H9Br/c26-20-12-8-11-19(17-20)25(18-9-2-1-3-10-18)23-15-6-4-13-21(23)22-14-5-7-16-24(22)25;14-12-8-4-7-11(9-12)13(15)10-5-2-1-3-6-10;13-12-9-5-4-8-11(12)10-6-2-1-3-7-10/h1-17H;1-9H;1-9H. The molecule has 0 heterocycles. The number of halogens is 3. The van der Waals surface area contributed by atoms with E-state index in [1.165, 1.54) is 44.5 Å². The van der Waals surface area contributed by atoms with Gasteiger partial charge in [0.1, 0.15) is 0 Å². The summed E-state index contributed by atoms with van der Waals surface area (Å²) in [5.74, 6) is 0.0527. The second-order valence-electron chi connectivity index (χ2n) is 12.8. The largest absolute Gasteiger partial charge is 0.289 e. The molecule has 262 valence electrons. The maximum Gasteiger partial charge on any atom is 0.193 e. The van der Waals surface area contributed by atoms with E-state index in [1.807, 2.05) is 72.8 Å². The van der Waals surface area contributed by atoms with E-state index in [2.05, 4.69) is 187 Å². The Kier molecular flexibility index (Phi) is 11.9. The predicted octanol–water partition coefficient (Wildman–Crippen LogP) is 14.6. The van der Waals surface area contributed by atoms with Crippen molar-refractivity contribution in [3.63, 3.8) is 0 Å². The summed E-state index contributed by atoms with van der Waals surface area (Å²) in [5.41, 5.74) is 11.6. The number of hydrogen-bond acceptors (Lipinski definition) is 1. The molecule has 0 fully saturated rings. The topological polar surface area (TPSA) is 17.1 Å². The Balaban J connectivity index is 0.000000137. The van der Waals surface area contributed by atoms with Crippen LogP contribution in [0.25, 0.3) is 22.3 Å². The van der Waals surface area contributed by atoms with Crippen molar-refractivity contribution < 1.29 is 4.79 Å². The van der Waals surface area contributed by atoms with E-state index in [4.69, 9.17) is 0 Å². The van der Waals surface area contributed by atoms with E-state index < -0.39 is 0 Å². The summed E-state index contributed by atoms with van der Waals surface area (Å²) in [5, 5.41) is 0. The fourth-order valence-electron chi connectivity index (χ4n) is 7.13. The molecule has 9 rings (SSSR count). The van der Waals surface area contributed by atoms with Crippen molar-refractivity contribution in [1.29, 1.82) is 0 Å². The Morgan fingerprint density at radius 3 is 1.39 bits per heavy atom. The third kappa shape index (κ3) is 7.88. The number of ketones is 1. The summed E-state index contributed by atoms with van der Waals surface area (Å²) < 4.78 is 3.16. The molecule has 0 spiro atoms. The van der Waals surface area contributed by atoms with E-state index in [9.17, 15) is 4.79 Å². The maximum absolute atomic E-state index is 12.0. The van der Waals surface area contributed by atoms with Gasteiger partial charge in [0, 0.05) is 24.5 Å². The minimum absolute atomic E-state index is 0.0527. The van der Waals surface area contributed by atoms with Crippen LogP contribution in [-0.2, 0) is 5.41 Å². The third-order valence-corrected chi connectivity index (χ3v) is 11.2. The van der Waals surface area contributed by atoms with Crippen molar-refractivity contribution in [3.05, 3.63) is 259 Å². The molecule has 0 aromatic heterocycles. The zero-order valence-corrected chi connectivity index (χ0v) is 34.0. The van der Waals surface area contributed by atoms with Gasteiger partial charge in [0.2, 0.25) is 0 Å². The first kappa shape index (κ1) is 37.2. The Morgan fingerprint density at radius 2 is 0.815 bits per heavy atom. The first-order valence-corrected chi connectivity index (χ1v) is 20.0. The van der Waals surface area contributed by atoms with Gasteiger partial charge in [-0.05, 0) is 74.8 Å². The first-order valence-electron chi connectivity index (χ1n) is 17.6. The highest BCUT2D eigenvalue weighted by Gasteiger charge is 2.45. The Labute approximate surface area is 342 Å².